The average Bonchev–Trinajstić information content (AvgIpc) is 2.53. The Balaban J connectivity index is 2.19. The monoisotopic (exact) mass is 298 g/mol. The van der Waals surface area contributed by atoms with Crippen LogP contribution in [-0.4, -0.2) is 18.2 Å². The number of ether oxygens (including phenoxy) is 1. The second-order valence-corrected chi connectivity index (χ2v) is 5.15. The van der Waals surface area contributed by atoms with Gasteiger partial charge >= 0.3 is 5.97 Å². The van der Waals surface area contributed by atoms with Crippen molar-refractivity contribution in [1.82, 2.24) is 0 Å². The van der Waals surface area contributed by atoms with Crippen molar-refractivity contribution in [3.8, 4) is 5.75 Å². The van der Waals surface area contributed by atoms with E-state index in [1.54, 1.807) is 24.3 Å². The van der Waals surface area contributed by atoms with E-state index < -0.39 is 11.8 Å². The number of hydrogen-bond acceptors (Lipinski definition) is 2. The Morgan fingerprint density at radius 1 is 1.23 bits per heavy atom. The molecule has 0 saturated heterocycles. The van der Waals surface area contributed by atoms with E-state index in [0.717, 1.165) is 29.5 Å². The fourth-order valence-corrected chi connectivity index (χ4v) is 2.84. The van der Waals surface area contributed by atoms with Gasteiger partial charge in [0, 0.05) is 5.56 Å². The molecule has 0 fully saturated rings. The summed E-state index contributed by atoms with van der Waals surface area (Å²) in [6.07, 6.45) is 3.68. The fourth-order valence-electron chi connectivity index (χ4n) is 2.84. The van der Waals surface area contributed by atoms with Gasteiger partial charge in [-0.1, -0.05) is 24.3 Å². The topological polar surface area (TPSA) is 46.5 Å². The van der Waals surface area contributed by atoms with Crippen molar-refractivity contribution in [2.75, 3.05) is 7.11 Å². The van der Waals surface area contributed by atoms with Crippen LogP contribution in [0, 0.1) is 5.82 Å². The minimum atomic E-state index is -0.973. The predicted octanol–water partition coefficient (Wildman–Crippen LogP) is 3.91. The smallest absolute Gasteiger partial charge is 0.335 e. The van der Waals surface area contributed by atoms with E-state index in [4.69, 9.17) is 4.74 Å². The number of methoxy groups -OCH3 is 1. The summed E-state index contributed by atoms with van der Waals surface area (Å²) in [6.45, 7) is 0. The van der Waals surface area contributed by atoms with Gasteiger partial charge in [-0.3, -0.25) is 0 Å². The van der Waals surface area contributed by atoms with Crippen molar-refractivity contribution in [3.63, 3.8) is 0 Å². The van der Waals surface area contributed by atoms with Crippen molar-refractivity contribution < 1.29 is 19.0 Å². The van der Waals surface area contributed by atoms with Crippen LogP contribution in [-0.2, 0) is 6.42 Å². The molecule has 0 aromatic heterocycles. The molecule has 0 saturated carbocycles. The lowest BCUT2D eigenvalue weighted by Crippen LogP contribution is -2.06. The molecule has 1 N–H and O–H groups in total. The average molecular weight is 298 g/mol. The third-order valence-electron chi connectivity index (χ3n) is 3.87. The summed E-state index contributed by atoms with van der Waals surface area (Å²) in [6, 6.07) is 9.84. The number of rotatable bonds is 3. The normalized spacial score (nSPS) is 13.3. The summed E-state index contributed by atoms with van der Waals surface area (Å²) in [4.78, 5) is 11.2. The molecule has 0 atom stereocenters. The molecule has 3 rings (SSSR count). The molecular weight excluding hydrogens is 283 g/mol. The van der Waals surface area contributed by atoms with Gasteiger partial charge < -0.3 is 9.84 Å². The van der Waals surface area contributed by atoms with Gasteiger partial charge in [-0.05, 0) is 47.7 Å². The molecular formula is C18H15FO3. The van der Waals surface area contributed by atoms with Crippen molar-refractivity contribution in [2.24, 2.45) is 0 Å². The molecule has 0 bridgehead atoms. The Labute approximate surface area is 127 Å². The number of aromatic carboxylic acids is 1. The minimum absolute atomic E-state index is 0.183. The number of para-hydroxylation sites is 1. The number of carboxylic acids is 1. The molecule has 0 spiro atoms. The molecule has 0 aliphatic heterocycles. The first-order valence-corrected chi connectivity index (χ1v) is 7.01. The Hall–Kier alpha value is -2.62. The second-order valence-electron chi connectivity index (χ2n) is 5.15. The summed E-state index contributed by atoms with van der Waals surface area (Å²) in [5, 5.41) is 9.18. The summed E-state index contributed by atoms with van der Waals surface area (Å²) in [5.41, 5.74) is 3.58. The molecule has 1 aliphatic rings. The second kappa shape index (κ2) is 5.64. The van der Waals surface area contributed by atoms with E-state index in [0.29, 0.717) is 5.56 Å². The van der Waals surface area contributed by atoms with Gasteiger partial charge in [-0.25, -0.2) is 9.18 Å². The number of fused-ring (bicyclic) bond motifs is 1. The van der Waals surface area contributed by atoms with Crippen molar-refractivity contribution in [2.45, 2.75) is 12.8 Å². The molecule has 0 unspecified atom stereocenters. The highest BCUT2D eigenvalue weighted by Gasteiger charge is 2.20. The summed E-state index contributed by atoms with van der Waals surface area (Å²) in [5.74, 6) is -1.22. The van der Waals surface area contributed by atoms with Gasteiger partial charge in [-0.15, -0.1) is 0 Å². The SMILES string of the molecule is COc1c(F)cccc1C1=CCCc2ccc(C(=O)O)cc21. The van der Waals surface area contributed by atoms with Crippen molar-refractivity contribution >= 4 is 11.5 Å². The molecule has 2 aromatic carbocycles. The molecule has 0 radical (unpaired) electrons. The third-order valence-corrected chi connectivity index (χ3v) is 3.87. The Kier molecular flexibility index (Phi) is 3.67. The first-order chi connectivity index (χ1) is 10.6. The van der Waals surface area contributed by atoms with E-state index in [1.807, 2.05) is 12.1 Å². The Morgan fingerprint density at radius 3 is 2.77 bits per heavy atom. The van der Waals surface area contributed by atoms with E-state index >= 15 is 0 Å². The first kappa shape index (κ1) is 14.3. The molecule has 3 nitrogen and oxygen atoms in total. The number of hydrogen-bond donors (Lipinski definition) is 1. The zero-order valence-electron chi connectivity index (χ0n) is 12.1. The fraction of sp³-hybridized carbons (Fsp3) is 0.167. The number of allylic oxidation sites excluding steroid dienone is 1. The van der Waals surface area contributed by atoms with Crippen LogP contribution in [0.25, 0.3) is 5.57 Å². The van der Waals surface area contributed by atoms with Gasteiger partial charge in [0.05, 0.1) is 12.7 Å². The Morgan fingerprint density at radius 2 is 2.05 bits per heavy atom. The van der Waals surface area contributed by atoms with Crippen LogP contribution in [0.15, 0.2) is 42.5 Å². The number of carboxylic acid groups (broad SMARTS) is 1. The largest absolute Gasteiger partial charge is 0.493 e. The third kappa shape index (κ3) is 2.37. The van der Waals surface area contributed by atoms with Crippen molar-refractivity contribution in [3.05, 3.63) is 70.5 Å². The molecule has 112 valence electrons. The van der Waals surface area contributed by atoms with Gasteiger partial charge in [-0.2, -0.15) is 0 Å². The lowest BCUT2D eigenvalue weighted by molar-refractivity contribution is 0.0697. The summed E-state index contributed by atoms with van der Waals surface area (Å²) in [7, 11) is 1.43. The first-order valence-electron chi connectivity index (χ1n) is 7.01. The van der Waals surface area contributed by atoms with Gasteiger partial charge in [0.15, 0.2) is 11.6 Å². The van der Waals surface area contributed by atoms with Crippen LogP contribution in [0.5, 0.6) is 5.75 Å². The molecule has 22 heavy (non-hydrogen) atoms. The molecule has 4 heteroatoms. The van der Waals surface area contributed by atoms with E-state index in [2.05, 4.69) is 0 Å². The van der Waals surface area contributed by atoms with Crippen molar-refractivity contribution in [1.29, 1.82) is 0 Å². The van der Waals surface area contributed by atoms with Crippen LogP contribution in [0.4, 0.5) is 4.39 Å². The highest BCUT2D eigenvalue weighted by atomic mass is 19.1. The maximum absolute atomic E-state index is 13.9. The molecule has 0 heterocycles. The van der Waals surface area contributed by atoms with E-state index in [9.17, 15) is 14.3 Å². The lowest BCUT2D eigenvalue weighted by atomic mass is 9.85. The van der Waals surface area contributed by atoms with E-state index in [1.165, 1.54) is 13.2 Å². The highest BCUT2D eigenvalue weighted by Crippen LogP contribution is 2.37. The maximum atomic E-state index is 13.9. The van der Waals surface area contributed by atoms with E-state index in [-0.39, 0.29) is 11.3 Å². The summed E-state index contributed by atoms with van der Waals surface area (Å²) >= 11 is 0. The summed E-state index contributed by atoms with van der Waals surface area (Å²) < 4.78 is 19.1. The highest BCUT2D eigenvalue weighted by molar-refractivity contribution is 5.92. The zero-order chi connectivity index (χ0) is 15.7. The molecule has 2 aromatic rings. The van der Waals surface area contributed by atoms with Crippen LogP contribution >= 0.6 is 0 Å². The van der Waals surface area contributed by atoms with Crippen LogP contribution in [0.2, 0.25) is 0 Å². The van der Waals surface area contributed by atoms with Crippen LogP contribution in [0.3, 0.4) is 0 Å². The number of aryl methyl sites for hydroxylation is 1. The van der Waals surface area contributed by atoms with Gasteiger partial charge in [0.1, 0.15) is 0 Å². The van der Waals surface area contributed by atoms with Crippen LogP contribution < -0.4 is 4.74 Å². The predicted molar refractivity (Wildman–Crippen MR) is 81.8 cm³/mol. The standard InChI is InChI=1S/C18H15FO3/c1-22-17-14(6-3-7-16(17)19)13-5-2-4-11-8-9-12(18(20)21)10-15(11)13/h3,5-10H,2,4H2,1H3,(H,20,21). The van der Waals surface area contributed by atoms with Gasteiger partial charge in [0.25, 0.3) is 0 Å². The number of carbonyl (C=O) groups is 1. The van der Waals surface area contributed by atoms with Crippen LogP contribution in [0.1, 0.15) is 33.5 Å². The molecule has 0 amide bonds. The Bertz CT molecular complexity index is 778. The van der Waals surface area contributed by atoms with Gasteiger partial charge in [0.2, 0.25) is 0 Å². The number of halogens is 1. The minimum Gasteiger partial charge on any atom is -0.493 e. The quantitative estimate of drug-likeness (QED) is 0.934. The maximum Gasteiger partial charge on any atom is 0.335 e. The lowest BCUT2D eigenvalue weighted by Gasteiger charge is -2.20. The zero-order valence-corrected chi connectivity index (χ0v) is 12.1. The molecule has 1 aliphatic carbocycles. The number of benzene rings is 2.